The number of benzene rings is 1. The van der Waals surface area contributed by atoms with E-state index in [1.807, 2.05) is 20.8 Å². The highest BCUT2D eigenvalue weighted by molar-refractivity contribution is 5.77. The Morgan fingerprint density at radius 1 is 1.32 bits per heavy atom. The Morgan fingerprint density at radius 3 is 2.37 bits per heavy atom. The van der Waals surface area contributed by atoms with Gasteiger partial charge >= 0.3 is 0 Å². The van der Waals surface area contributed by atoms with Crippen molar-refractivity contribution < 1.29 is 14.5 Å². The molecular formula is C13H18N2O4. The minimum atomic E-state index is -0.485. The van der Waals surface area contributed by atoms with Crippen molar-refractivity contribution >= 4 is 11.6 Å². The van der Waals surface area contributed by atoms with Gasteiger partial charge in [0.25, 0.3) is 11.6 Å². The molecule has 0 bridgehead atoms. The lowest BCUT2D eigenvalue weighted by molar-refractivity contribution is -0.384. The molecule has 6 heteroatoms. The molecule has 1 aromatic rings. The van der Waals surface area contributed by atoms with E-state index in [1.54, 1.807) is 0 Å². The predicted octanol–water partition coefficient (Wildman–Crippen LogP) is 2.13. The average molecular weight is 266 g/mol. The second-order valence-corrected chi connectivity index (χ2v) is 4.64. The van der Waals surface area contributed by atoms with Gasteiger partial charge in [-0.05, 0) is 25.0 Å². The zero-order chi connectivity index (χ0) is 14.4. The van der Waals surface area contributed by atoms with Crippen LogP contribution in [0, 0.1) is 16.0 Å². The van der Waals surface area contributed by atoms with Gasteiger partial charge in [0, 0.05) is 18.2 Å². The largest absolute Gasteiger partial charge is 0.484 e. The maximum atomic E-state index is 11.6. The van der Waals surface area contributed by atoms with Crippen molar-refractivity contribution in [2.45, 2.75) is 26.8 Å². The van der Waals surface area contributed by atoms with Gasteiger partial charge in [0.1, 0.15) is 5.75 Å². The van der Waals surface area contributed by atoms with Gasteiger partial charge in [-0.25, -0.2) is 0 Å². The zero-order valence-electron chi connectivity index (χ0n) is 11.3. The van der Waals surface area contributed by atoms with Crippen molar-refractivity contribution in [2.75, 3.05) is 6.61 Å². The number of hydrogen-bond donors (Lipinski definition) is 1. The van der Waals surface area contributed by atoms with E-state index in [0.29, 0.717) is 11.7 Å². The van der Waals surface area contributed by atoms with Crippen LogP contribution in [0.1, 0.15) is 20.8 Å². The number of carbonyl (C=O) groups is 1. The molecule has 19 heavy (non-hydrogen) atoms. The first-order valence-electron chi connectivity index (χ1n) is 6.06. The third kappa shape index (κ3) is 4.95. The SMILES string of the molecule is CC(C)[C@@H](C)NC(=O)COc1ccc([N+](=O)[O-])cc1. The summed E-state index contributed by atoms with van der Waals surface area (Å²) in [7, 11) is 0. The molecule has 0 saturated heterocycles. The molecule has 0 fully saturated rings. The smallest absolute Gasteiger partial charge is 0.269 e. The Kier molecular flexibility index (Phi) is 5.29. The third-order valence-electron chi connectivity index (χ3n) is 2.81. The van der Waals surface area contributed by atoms with E-state index < -0.39 is 4.92 Å². The number of nitrogens with one attached hydrogen (secondary N) is 1. The molecule has 104 valence electrons. The van der Waals surface area contributed by atoms with E-state index in [2.05, 4.69) is 5.32 Å². The van der Waals surface area contributed by atoms with Crippen molar-refractivity contribution in [3.8, 4) is 5.75 Å². The van der Waals surface area contributed by atoms with Gasteiger partial charge in [-0.2, -0.15) is 0 Å². The predicted molar refractivity (Wildman–Crippen MR) is 71.0 cm³/mol. The fourth-order valence-electron chi connectivity index (χ4n) is 1.28. The summed E-state index contributed by atoms with van der Waals surface area (Å²) in [6.07, 6.45) is 0. The summed E-state index contributed by atoms with van der Waals surface area (Å²) in [5, 5.41) is 13.3. The molecule has 1 rings (SSSR count). The quantitative estimate of drug-likeness (QED) is 0.631. The maximum Gasteiger partial charge on any atom is 0.269 e. The molecule has 6 nitrogen and oxygen atoms in total. The number of ether oxygens (including phenoxy) is 1. The van der Waals surface area contributed by atoms with E-state index in [9.17, 15) is 14.9 Å². The van der Waals surface area contributed by atoms with Gasteiger partial charge in [0.05, 0.1) is 4.92 Å². The molecule has 0 heterocycles. The molecule has 0 spiro atoms. The van der Waals surface area contributed by atoms with Crippen molar-refractivity contribution in [1.29, 1.82) is 0 Å². The standard InChI is InChI=1S/C13H18N2O4/c1-9(2)10(3)14-13(16)8-19-12-6-4-11(5-7-12)15(17)18/h4-7,9-10H,8H2,1-3H3,(H,14,16)/t10-/m1/s1. The normalized spacial score (nSPS) is 12.0. The van der Waals surface area contributed by atoms with Gasteiger partial charge in [-0.1, -0.05) is 13.8 Å². The fraction of sp³-hybridized carbons (Fsp3) is 0.462. The highest BCUT2D eigenvalue weighted by Gasteiger charge is 2.11. The maximum absolute atomic E-state index is 11.6. The van der Waals surface area contributed by atoms with Crippen molar-refractivity contribution in [3.63, 3.8) is 0 Å². The molecule has 0 aliphatic carbocycles. The first-order valence-corrected chi connectivity index (χ1v) is 6.06. The minimum Gasteiger partial charge on any atom is -0.484 e. The number of nitrogens with zero attached hydrogens (tertiary/aromatic N) is 1. The molecule has 0 unspecified atom stereocenters. The van der Waals surface area contributed by atoms with Crippen molar-refractivity contribution in [2.24, 2.45) is 5.92 Å². The number of hydrogen-bond acceptors (Lipinski definition) is 4. The van der Waals surface area contributed by atoms with E-state index >= 15 is 0 Å². The highest BCUT2D eigenvalue weighted by Crippen LogP contribution is 2.17. The highest BCUT2D eigenvalue weighted by atomic mass is 16.6. The van der Waals surface area contributed by atoms with E-state index in [1.165, 1.54) is 24.3 Å². The molecule has 0 aromatic heterocycles. The van der Waals surface area contributed by atoms with Crippen LogP contribution in [0.2, 0.25) is 0 Å². The molecule has 1 amide bonds. The Labute approximate surface area is 111 Å². The van der Waals surface area contributed by atoms with Crippen LogP contribution in [0.4, 0.5) is 5.69 Å². The van der Waals surface area contributed by atoms with Gasteiger partial charge < -0.3 is 10.1 Å². The van der Waals surface area contributed by atoms with Gasteiger partial charge in [-0.3, -0.25) is 14.9 Å². The Morgan fingerprint density at radius 2 is 1.89 bits per heavy atom. The Bertz CT molecular complexity index is 442. The van der Waals surface area contributed by atoms with Gasteiger partial charge in [0.15, 0.2) is 6.61 Å². The van der Waals surface area contributed by atoms with Crippen LogP contribution in [0.25, 0.3) is 0 Å². The first-order chi connectivity index (χ1) is 8.90. The number of nitro benzene ring substituents is 1. The Balaban J connectivity index is 2.44. The van der Waals surface area contributed by atoms with Crippen LogP contribution in [-0.2, 0) is 4.79 Å². The van der Waals surface area contributed by atoms with Crippen LogP contribution in [0.15, 0.2) is 24.3 Å². The lowest BCUT2D eigenvalue weighted by Gasteiger charge is -2.17. The van der Waals surface area contributed by atoms with Crippen LogP contribution in [0.3, 0.4) is 0 Å². The molecule has 0 aliphatic rings. The van der Waals surface area contributed by atoms with Gasteiger partial charge in [-0.15, -0.1) is 0 Å². The second-order valence-electron chi connectivity index (χ2n) is 4.64. The fourth-order valence-corrected chi connectivity index (χ4v) is 1.28. The van der Waals surface area contributed by atoms with Crippen molar-refractivity contribution in [1.82, 2.24) is 5.32 Å². The number of rotatable bonds is 6. The minimum absolute atomic E-state index is 0.00904. The van der Waals surface area contributed by atoms with E-state index in [-0.39, 0.29) is 24.2 Å². The molecule has 0 saturated carbocycles. The molecular weight excluding hydrogens is 248 g/mol. The molecule has 1 atom stereocenters. The summed E-state index contributed by atoms with van der Waals surface area (Å²) in [5.74, 6) is 0.570. The number of non-ortho nitro benzene ring substituents is 1. The summed E-state index contributed by atoms with van der Waals surface area (Å²) < 4.78 is 5.25. The van der Waals surface area contributed by atoms with E-state index in [4.69, 9.17) is 4.74 Å². The van der Waals surface area contributed by atoms with Crippen LogP contribution >= 0.6 is 0 Å². The summed E-state index contributed by atoms with van der Waals surface area (Å²) in [4.78, 5) is 21.5. The zero-order valence-corrected chi connectivity index (χ0v) is 11.3. The number of carbonyl (C=O) groups excluding carboxylic acids is 1. The van der Waals surface area contributed by atoms with Crippen LogP contribution < -0.4 is 10.1 Å². The van der Waals surface area contributed by atoms with Gasteiger partial charge in [0.2, 0.25) is 0 Å². The van der Waals surface area contributed by atoms with Crippen LogP contribution in [-0.4, -0.2) is 23.5 Å². The van der Waals surface area contributed by atoms with E-state index in [0.717, 1.165) is 0 Å². The average Bonchev–Trinajstić information content (AvgIpc) is 2.36. The second kappa shape index (κ2) is 6.72. The van der Waals surface area contributed by atoms with Crippen molar-refractivity contribution in [3.05, 3.63) is 34.4 Å². The molecule has 1 aromatic carbocycles. The molecule has 0 radical (unpaired) electrons. The lowest BCUT2D eigenvalue weighted by atomic mass is 10.1. The van der Waals surface area contributed by atoms with Crippen LogP contribution in [0.5, 0.6) is 5.75 Å². The topological polar surface area (TPSA) is 81.5 Å². The Hall–Kier alpha value is -2.11. The molecule has 1 N–H and O–H groups in total. The summed E-state index contributed by atoms with van der Waals surface area (Å²) in [6.45, 7) is 5.85. The number of nitro groups is 1. The third-order valence-corrected chi connectivity index (χ3v) is 2.81. The lowest BCUT2D eigenvalue weighted by Crippen LogP contribution is -2.38. The summed E-state index contributed by atoms with van der Waals surface area (Å²) >= 11 is 0. The first kappa shape index (κ1) is 14.9. The summed E-state index contributed by atoms with van der Waals surface area (Å²) in [5.41, 5.74) is -0.00904. The monoisotopic (exact) mass is 266 g/mol. The number of amides is 1. The summed E-state index contributed by atoms with van der Waals surface area (Å²) in [6, 6.07) is 5.69. The molecule has 0 aliphatic heterocycles.